The van der Waals surface area contributed by atoms with Gasteiger partial charge in [0.05, 0.1) is 0 Å². The smallest absolute Gasteiger partial charge is 0.191 e. The molecule has 20 heavy (non-hydrogen) atoms. The first-order chi connectivity index (χ1) is 9.65. The van der Waals surface area contributed by atoms with Gasteiger partial charge in [-0.25, -0.2) is 0 Å². The molecule has 0 heterocycles. The molecule has 3 rings (SSSR count). The molecular weight excluding hydrogens is 266 g/mol. The van der Waals surface area contributed by atoms with Crippen molar-refractivity contribution in [2.24, 2.45) is 16.9 Å². The third kappa shape index (κ3) is 2.48. The van der Waals surface area contributed by atoms with E-state index in [-0.39, 0.29) is 0 Å². The van der Waals surface area contributed by atoms with Gasteiger partial charge in [0.15, 0.2) is 5.11 Å². The number of nitrogens with zero attached hydrogens (tertiary/aromatic N) is 1. The first kappa shape index (κ1) is 13.3. The van der Waals surface area contributed by atoms with Gasteiger partial charge in [-0.2, -0.15) is 5.10 Å². The fourth-order valence-corrected chi connectivity index (χ4v) is 2.98. The van der Waals surface area contributed by atoms with Gasteiger partial charge in [-0.1, -0.05) is 24.3 Å². The first-order valence-electron chi connectivity index (χ1n) is 7.01. The number of nitrogens with one attached hydrogen (secondary N) is 2. The second kappa shape index (κ2) is 5.37. The van der Waals surface area contributed by atoms with E-state index in [2.05, 4.69) is 47.9 Å². The molecule has 0 amide bonds. The van der Waals surface area contributed by atoms with Gasteiger partial charge in [0, 0.05) is 17.3 Å². The van der Waals surface area contributed by atoms with E-state index < -0.39 is 0 Å². The fraction of sp³-hybridized carbons (Fsp3) is 0.375. The molecule has 0 aliphatic heterocycles. The summed E-state index contributed by atoms with van der Waals surface area (Å²) in [7, 11) is 0. The van der Waals surface area contributed by atoms with Crippen molar-refractivity contribution >= 4 is 28.7 Å². The summed E-state index contributed by atoms with van der Waals surface area (Å²) in [5.41, 5.74) is 7.72. The normalized spacial score (nSPS) is 25.2. The summed E-state index contributed by atoms with van der Waals surface area (Å²) >= 11 is 5.30. The largest absolute Gasteiger partial charge is 0.331 e. The van der Waals surface area contributed by atoms with Crippen LogP contribution in [0.2, 0.25) is 0 Å². The van der Waals surface area contributed by atoms with Crippen LogP contribution >= 0.6 is 12.2 Å². The highest BCUT2D eigenvalue weighted by atomic mass is 32.1. The summed E-state index contributed by atoms with van der Waals surface area (Å²) in [4.78, 5) is 0. The lowest BCUT2D eigenvalue weighted by Gasteiger charge is -2.31. The summed E-state index contributed by atoms with van der Waals surface area (Å²) in [6.07, 6.45) is 6.75. The first-order valence-corrected chi connectivity index (χ1v) is 7.42. The van der Waals surface area contributed by atoms with Crippen LogP contribution in [0.15, 0.2) is 35.5 Å². The number of hydrazone groups is 1. The number of anilines is 1. The van der Waals surface area contributed by atoms with Crippen LogP contribution in [0.3, 0.4) is 0 Å². The van der Waals surface area contributed by atoms with Crippen molar-refractivity contribution < 1.29 is 0 Å². The highest BCUT2D eigenvalue weighted by Gasteiger charge is 2.37. The van der Waals surface area contributed by atoms with Crippen LogP contribution in [0.5, 0.6) is 0 Å². The molecule has 2 atom stereocenters. The predicted molar refractivity (Wildman–Crippen MR) is 88.1 cm³/mol. The molecule has 3 nitrogen and oxygen atoms in total. The van der Waals surface area contributed by atoms with E-state index >= 15 is 0 Å². The molecule has 0 saturated heterocycles. The Hall–Kier alpha value is -1.68. The number of rotatable bonds is 2. The summed E-state index contributed by atoms with van der Waals surface area (Å²) in [5.74, 6) is 1.34. The van der Waals surface area contributed by atoms with Crippen molar-refractivity contribution in [3.63, 3.8) is 0 Å². The molecule has 0 spiro atoms. The van der Waals surface area contributed by atoms with Gasteiger partial charge in [-0.15, -0.1) is 0 Å². The predicted octanol–water partition coefficient (Wildman–Crippen LogP) is 3.54. The number of hydrogen-bond acceptors (Lipinski definition) is 2. The van der Waals surface area contributed by atoms with Crippen molar-refractivity contribution in [1.29, 1.82) is 0 Å². The molecule has 4 heteroatoms. The molecule has 1 fully saturated rings. The molecule has 2 N–H and O–H groups in total. The molecule has 0 bridgehead atoms. The van der Waals surface area contributed by atoms with Gasteiger partial charge in [0.2, 0.25) is 0 Å². The maximum Gasteiger partial charge on any atom is 0.191 e. The van der Waals surface area contributed by atoms with Gasteiger partial charge in [0.1, 0.15) is 0 Å². The van der Waals surface area contributed by atoms with E-state index in [1.54, 1.807) is 0 Å². The number of allylic oxidation sites excluding steroid dienone is 2. The average molecular weight is 285 g/mol. The quantitative estimate of drug-likeness (QED) is 0.496. The van der Waals surface area contributed by atoms with Crippen LogP contribution in [0.25, 0.3) is 0 Å². The maximum atomic E-state index is 5.30. The summed E-state index contributed by atoms with van der Waals surface area (Å²) in [5, 5.41) is 8.21. The summed E-state index contributed by atoms with van der Waals surface area (Å²) in [6.45, 7) is 4.19. The van der Waals surface area contributed by atoms with E-state index in [0.29, 0.717) is 11.0 Å². The topological polar surface area (TPSA) is 36.4 Å². The zero-order valence-corrected chi connectivity index (χ0v) is 12.6. The Kier molecular flexibility index (Phi) is 3.57. The molecule has 104 valence electrons. The Labute approximate surface area is 125 Å². The molecule has 2 unspecified atom stereocenters. The van der Waals surface area contributed by atoms with E-state index in [4.69, 9.17) is 12.2 Å². The third-order valence-electron chi connectivity index (χ3n) is 4.32. The average Bonchev–Trinajstić information content (AvgIpc) is 2.77. The van der Waals surface area contributed by atoms with Crippen LogP contribution in [-0.2, 0) is 0 Å². The second-order valence-electron chi connectivity index (χ2n) is 5.55. The van der Waals surface area contributed by atoms with Crippen LogP contribution in [0, 0.1) is 25.7 Å². The lowest BCUT2D eigenvalue weighted by molar-refractivity contribution is 0.463. The zero-order valence-electron chi connectivity index (χ0n) is 11.8. The van der Waals surface area contributed by atoms with Crippen molar-refractivity contribution in [3.8, 4) is 0 Å². The Morgan fingerprint density at radius 3 is 3.00 bits per heavy atom. The van der Waals surface area contributed by atoms with Gasteiger partial charge < -0.3 is 5.32 Å². The molecule has 1 aromatic rings. The van der Waals surface area contributed by atoms with Crippen molar-refractivity contribution in [2.75, 3.05) is 5.32 Å². The van der Waals surface area contributed by atoms with Crippen LogP contribution in [0.4, 0.5) is 5.69 Å². The van der Waals surface area contributed by atoms with Crippen LogP contribution < -0.4 is 10.7 Å². The second-order valence-corrected chi connectivity index (χ2v) is 5.96. The Balaban J connectivity index is 1.58. The number of benzene rings is 1. The van der Waals surface area contributed by atoms with Crippen LogP contribution in [-0.4, -0.2) is 10.8 Å². The Morgan fingerprint density at radius 1 is 1.35 bits per heavy atom. The molecule has 2 aliphatic carbocycles. The highest BCUT2D eigenvalue weighted by molar-refractivity contribution is 7.80. The monoisotopic (exact) mass is 285 g/mol. The molecule has 1 saturated carbocycles. The minimum atomic E-state index is 0.556. The van der Waals surface area contributed by atoms with Gasteiger partial charge in [-0.05, 0) is 62.0 Å². The third-order valence-corrected chi connectivity index (χ3v) is 4.51. The van der Waals surface area contributed by atoms with E-state index in [9.17, 15) is 0 Å². The van der Waals surface area contributed by atoms with Gasteiger partial charge >= 0.3 is 0 Å². The lowest BCUT2D eigenvalue weighted by atomic mass is 9.74. The Bertz CT molecular complexity index is 604. The minimum absolute atomic E-state index is 0.556. The van der Waals surface area contributed by atoms with E-state index in [1.165, 1.54) is 16.8 Å². The number of aryl methyl sites for hydroxylation is 1. The van der Waals surface area contributed by atoms with E-state index in [1.807, 2.05) is 12.1 Å². The molecule has 2 aliphatic rings. The van der Waals surface area contributed by atoms with Gasteiger partial charge in [0.25, 0.3) is 0 Å². The molecule has 0 radical (unpaired) electrons. The molecular formula is C16H19N3S. The molecule has 1 aromatic carbocycles. The zero-order chi connectivity index (χ0) is 14.1. The minimum Gasteiger partial charge on any atom is -0.331 e. The number of hydrogen-bond donors (Lipinski definition) is 2. The standard InChI is InChI=1S/C16H19N3S/c1-10-5-3-8-14(11(10)2)17-16(20)19-18-15-9-12-6-4-7-13(12)15/h3-6,8,12-13H,7,9H2,1-2H3,(H2,17,19,20)/b18-15+. The Morgan fingerprint density at radius 2 is 2.20 bits per heavy atom. The number of thiocarbonyl (C=S) groups is 1. The fourth-order valence-electron chi connectivity index (χ4n) is 2.82. The summed E-state index contributed by atoms with van der Waals surface area (Å²) in [6, 6.07) is 6.16. The summed E-state index contributed by atoms with van der Waals surface area (Å²) < 4.78 is 0. The number of fused-ring (bicyclic) bond motifs is 1. The molecule has 0 aromatic heterocycles. The lowest BCUT2D eigenvalue weighted by Crippen LogP contribution is -2.36. The van der Waals surface area contributed by atoms with Crippen molar-refractivity contribution in [3.05, 3.63) is 41.5 Å². The van der Waals surface area contributed by atoms with E-state index in [0.717, 1.165) is 24.4 Å². The maximum absolute atomic E-state index is 5.30. The van der Waals surface area contributed by atoms with Crippen LogP contribution in [0.1, 0.15) is 24.0 Å². The van der Waals surface area contributed by atoms with Gasteiger partial charge in [-0.3, -0.25) is 5.43 Å². The highest BCUT2D eigenvalue weighted by Crippen LogP contribution is 2.40. The SMILES string of the molecule is Cc1cccc(NC(=S)N/N=C2\CC3C=CCC23)c1C. The van der Waals surface area contributed by atoms with Crippen molar-refractivity contribution in [1.82, 2.24) is 5.43 Å². The van der Waals surface area contributed by atoms with Crippen molar-refractivity contribution in [2.45, 2.75) is 26.7 Å².